The number of carbonyl (C=O) groups is 1. The summed E-state index contributed by atoms with van der Waals surface area (Å²) in [5.74, 6) is 3.86. The predicted molar refractivity (Wildman–Crippen MR) is 39.7 cm³/mol. The lowest BCUT2D eigenvalue weighted by Crippen LogP contribution is -2.31. The highest BCUT2D eigenvalue weighted by Gasteiger charge is 2.80. The number of rotatable bonds is 0. The topological polar surface area (TPSA) is 40.9 Å². The van der Waals surface area contributed by atoms with Gasteiger partial charge in [0, 0.05) is 11.8 Å². The van der Waals surface area contributed by atoms with Crippen LogP contribution in [0.5, 0.6) is 0 Å². The summed E-state index contributed by atoms with van der Waals surface area (Å²) < 4.78 is 0. The third kappa shape index (κ3) is 0.327. The Bertz CT molecular complexity index is 342. The molecule has 0 aromatic carbocycles. The van der Waals surface area contributed by atoms with Crippen LogP contribution in [0.2, 0.25) is 0 Å². The van der Waals surface area contributed by atoms with Gasteiger partial charge in [0.25, 0.3) is 0 Å². The molecule has 2 heteroatoms. The SMILES string of the molecule is N#C[C@H]1[C@@H]2C[C@@H]3[C@H]1C(=O)C1[C@H]2[C@@H]13. The molecule has 4 aliphatic rings. The van der Waals surface area contributed by atoms with Gasteiger partial charge in [-0.05, 0) is 30.1 Å². The van der Waals surface area contributed by atoms with E-state index >= 15 is 0 Å². The van der Waals surface area contributed by atoms with Crippen LogP contribution in [-0.2, 0) is 4.79 Å². The molecule has 0 heterocycles. The zero-order chi connectivity index (χ0) is 8.03. The number of carbonyl (C=O) groups excluding carboxylic acids is 1. The standard InChI is InChI=1S/C10H9NO/c11-2-5-3-1-4-6(5)10(12)9-7(3)8(4)9/h3-9H,1H2/t3-,4+,5-,6+,7+,8-,9?/m0/s1. The van der Waals surface area contributed by atoms with E-state index in [-0.39, 0.29) is 11.8 Å². The lowest BCUT2D eigenvalue weighted by atomic mass is 9.76. The third-order valence-corrected chi connectivity index (χ3v) is 4.78. The Morgan fingerprint density at radius 1 is 1.25 bits per heavy atom. The summed E-state index contributed by atoms with van der Waals surface area (Å²) in [6, 6.07) is 2.35. The van der Waals surface area contributed by atoms with E-state index in [9.17, 15) is 4.79 Å². The number of ketones is 1. The maximum Gasteiger partial charge on any atom is 0.141 e. The highest BCUT2D eigenvalue weighted by atomic mass is 16.1. The number of Topliss-reactive ketones (excluding diaryl/α,β-unsaturated/α-hetero) is 1. The molecule has 4 saturated carbocycles. The van der Waals surface area contributed by atoms with Gasteiger partial charge in [0.2, 0.25) is 0 Å². The van der Waals surface area contributed by atoms with Gasteiger partial charge in [-0.25, -0.2) is 0 Å². The van der Waals surface area contributed by atoms with Crippen LogP contribution in [0.4, 0.5) is 0 Å². The van der Waals surface area contributed by atoms with Crippen molar-refractivity contribution in [1.29, 1.82) is 5.26 Å². The first kappa shape index (κ1) is 5.75. The van der Waals surface area contributed by atoms with E-state index in [4.69, 9.17) is 5.26 Å². The number of fused-ring (bicyclic) bond motifs is 3. The Labute approximate surface area is 70.6 Å². The number of hydrogen-bond donors (Lipinski definition) is 0. The minimum Gasteiger partial charge on any atom is -0.299 e. The first-order chi connectivity index (χ1) is 5.84. The Balaban J connectivity index is 1.93. The third-order valence-electron chi connectivity index (χ3n) is 4.78. The fourth-order valence-corrected chi connectivity index (χ4v) is 4.56. The number of nitrogens with zero attached hydrogens (tertiary/aromatic N) is 1. The molecule has 0 N–H and O–H groups in total. The van der Waals surface area contributed by atoms with Gasteiger partial charge < -0.3 is 0 Å². The highest BCUT2D eigenvalue weighted by molar-refractivity contribution is 5.93. The van der Waals surface area contributed by atoms with Crippen molar-refractivity contribution in [2.45, 2.75) is 6.42 Å². The van der Waals surface area contributed by atoms with Gasteiger partial charge in [-0.1, -0.05) is 0 Å². The van der Waals surface area contributed by atoms with E-state index in [0.29, 0.717) is 29.5 Å². The first-order valence-electron chi connectivity index (χ1n) is 4.78. The van der Waals surface area contributed by atoms with Crippen LogP contribution in [-0.4, -0.2) is 5.78 Å². The normalized spacial score (nSPS) is 68.6. The minimum atomic E-state index is 0.113. The van der Waals surface area contributed by atoms with Crippen LogP contribution < -0.4 is 0 Å². The molecule has 0 aromatic heterocycles. The lowest BCUT2D eigenvalue weighted by Gasteiger charge is -2.24. The number of nitriles is 1. The monoisotopic (exact) mass is 159 g/mol. The smallest absolute Gasteiger partial charge is 0.141 e. The Morgan fingerprint density at radius 2 is 2.00 bits per heavy atom. The first-order valence-corrected chi connectivity index (χ1v) is 4.78. The average molecular weight is 159 g/mol. The summed E-state index contributed by atoms with van der Waals surface area (Å²) >= 11 is 0. The number of hydrogen-bond acceptors (Lipinski definition) is 2. The van der Waals surface area contributed by atoms with E-state index in [0.717, 1.165) is 5.92 Å². The largest absolute Gasteiger partial charge is 0.299 e. The van der Waals surface area contributed by atoms with Crippen molar-refractivity contribution in [2.75, 3.05) is 0 Å². The highest BCUT2D eigenvalue weighted by Crippen LogP contribution is 2.78. The van der Waals surface area contributed by atoms with Crippen LogP contribution in [0.1, 0.15) is 6.42 Å². The van der Waals surface area contributed by atoms with Gasteiger partial charge in [0.1, 0.15) is 5.78 Å². The summed E-state index contributed by atoms with van der Waals surface area (Å²) in [6.45, 7) is 0. The van der Waals surface area contributed by atoms with Gasteiger partial charge in [-0.3, -0.25) is 4.79 Å². The molecule has 2 bridgehead atoms. The summed E-state index contributed by atoms with van der Waals surface area (Å²) in [5, 5.41) is 8.94. The zero-order valence-electron chi connectivity index (χ0n) is 6.60. The van der Waals surface area contributed by atoms with Crippen molar-refractivity contribution in [3.63, 3.8) is 0 Å². The molecule has 4 fully saturated rings. The molecule has 0 amide bonds. The summed E-state index contributed by atoms with van der Waals surface area (Å²) in [4.78, 5) is 11.7. The molecule has 0 radical (unpaired) electrons. The second kappa shape index (κ2) is 1.35. The van der Waals surface area contributed by atoms with Crippen LogP contribution >= 0.6 is 0 Å². The molecule has 0 aliphatic heterocycles. The van der Waals surface area contributed by atoms with Crippen molar-refractivity contribution in [3.8, 4) is 6.07 Å². The fraction of sp³-hybridized carbons (Fsp3) is 0.800. The maximum absolute atomic E-state index is 11.7. The molecule has 4 rings (SSSR count). The van der Waals surface area contributed by atoms with E-state index in [1.165, 1.54) is 6.42 Å². The van der Waals surface area contributed by atoms with Crippen LogP contribution in [0.3, 0.4) is 0 Å². The fourth-order valence-electron chi connectivity index (χ4n) is 4.56. The Morgan fingerprint density at radius 3 is 2.58 bits per heavy atom. The zero-order valence-corrected chi connectivity index (χ0v) is 6.60. The molecule has 12 heavy (non-hydrogen) atoms. The van der Waals surface area contributed by atoms with Gasteiger partial charge in [-0.2, -0.15) is 5.26 Å². The Kier molecular flexibility index (Phi) is 0.645. The molecule has 4 aliphatic carbocycles. The van der Waals surface area contributed by atoms with Gasteiger partial charge in [0.15, 0.2) is 0 Å². The predicted octanol–water partition coefficient (Wildman–Crippen LogP) is 0.837. The molecule has 0 spiro atoms. The van der Waals surface area contributed by atoms with E-state index < -0.39 is 0 Å². The van der Waals surface area contributed by atoms with Crippen LogP contribution in [0, 0.1) is 52.8 Å². The lowest BCUT2D eigenvalue weighted by molar-refractivity contribution is -0.126. The second-order valence-corrected chi connectivity index (χ2v) is 4.83. The van der Waals surface area contributed by atoms with Gasteiger partial charge in [0.05, 0.1) is 12.0 Å². The maximum atomic E-state index is 11.7. The van der Waals surface area contributed by atoms with Crippen LogP contribution in [0.15, 0.2) is 0 Å². The molecule has 7 atom stereocenters. The molecule has 60 valence electrons. The van der Waals surface area contributed by atoms with Crippen molar-refractivity contribution in [2.24, 2.45) is 41.4 Å². The average Bonchev–Trinajstić information content (AvgIpc) is 2.51. The summed E-state index contributed by atoms with van der Waals surface area (Å²) in [7, 11) is 0. The molecular formula is C10H9NO. The van der Waals surface area contributed by atoms with Crippen molar-refractivity contribution in [1.82, 2.24) is 0 Å². The Hall–Kier alpha value is -0.840. The van der Waals surface area contributed by atoms with E-state index in [2.05, 4.69) is 6.07 Å². The summed E-state index contributed by atoms with van der Waals surface area (Å²) in [5.41, 5.74) is 0. The molecule has 0 aromatic rings. The minimum absolute atomic E-state index is 0.113. The molecular weight excluding hydrogens is 150 g/mol. The summed E-state index contributed by atoms with van der Waals surface area (Å²) in [6.07, 6.45) is 1.19. The van der Waals surface area contributed by atoms with Crippen molar-refractivity contribution < 1.29 is 4.79 Å². The van der Waals surface area contributed by atoms with Crippen molar-refractivity contribution >= 4 is 5.78 Å². The van der Waals surface area contributed by atoms with Crippen LogP contribution in [0.25, 0.3) is 0 Å². The van der Waals surface area contributed by atoms with Gasteiger partial charge >= 0.3 is 0 Å². The van der Waals surface area contributed by atoms with E-state index in [1.54, 1.807) is 0 Å². The van der Waals surface area contributed by atoms with Gasteiger partial charge in [-0.15, -0.1) is 0 Å². The molecule has 0 saturated heterocycles. The second-order valence-electron chi connectivity index (χ2n) is 4.83. The quantitative estimate of drug-likeness (QED) is 0.525. The van der Waals surface area contributed by atoms with E-state index in [1.807, 2.05) is 0 Å². The molecule has 2 nitrogen and oxygen atoms in total. The molecule has 1 unspecified atom stereocenters. The van der Waals surface area contributed by atoms with Crippen molar-refractivity contribution in [3.05, 3.63) is 0 Å².